The topological polar surface area (TPSA) is 64.4 Å². The van der Waals surface area contributed by atoms with E-state index < -0.39 is 12.0 Å². The van der Waals surface area contributed by atoms with Gasteiger partial charge in [0.05, 0.1) is 24.5 Å². The minimum Gasteiger partial charge on any atom is -0.490 e. The van der Waals surface area contributed by atoms with Gasteiger partial charge >= 0.3 is 6.18 Å². The summed E-state index contributed by atoms with van der Waals surface area (Å²) in [7, 11) is 0. The van der Waals surface area contributed by atoms with Crippen LogP contribution in [-0.4, -0.2) is 34.3 Å². The average Bonchev–Trinajstić information content (AvgIpc) is 2.90. The molecule has 1 aromatic heterocycles. The van der Waals surface area contributed by atoms with Crippen LogP contribution in [0, 0.1) is 4.77 Å². The Morgan fingerprint density at radius 2 is 2.00 bits per heavy atom. The molecular weight excluding hydrogens is 381 g/mol. The molecule has 0 aliphatic carbocycles. The van der Waals surface area contributed by atoms with Crippen LogP contribution < -0.4 is 9.47 Å². The second-order valence-electron chi connectivity index (χ2n) is 4.60. The molecule has 0 fully saturated rings. The molecule has 2 aromatic rings. The molecule has 136 valence electrons. The van der Waals surface area contributed by atoms with E-state index in [2.05, 4.69) is 15.3 Å². The maximum atomic E-state index is 12.9. The molecule has 11 heteroatoms. The number of halogens is 4. The Balaban J connectivity index is 2.43. The third-order valence-electron chi connectivity index (χ3n) is 2.85. The molecule has 0 amide bonds. The molecule has 25 heavy (non-hydrogen) atoms. The molecule has 0 radical (unpaired) electrons. The molecule has 1 aromatic carbocycles. The van der Waals surface area contributed by atoms with Crippen LogP contribution in [0.15, 0.2) is 17.2 Å². The van der Waals surface area contributed by atoms with Gasteiger partial charge in [0.1, 0.15) is 0 Å². The highest BCUT2D eigenvalue weighted by Gasteiger charge is 2.37. The zero-order valence-corrected chi connectivity index (χ0v) is 14.8. The predicted molar refractivity (Wildman–Crippen MR) is 89.2 cm³/mol. The molecule has 2 rings (SSSR count). The molecule has 0 aliphatic heterocycles. The van der Waals surface area contributed by atoms with E-state index in [4.69, 9.17) is 33.3 Å². The highest BCUT2D eigenvalue weighted by molar-refractivity contribution is 7.71. The largest absolute Gasteiger partial charge is 0.490 e. The van der Waals surface area contributed by atoms with Crippen molar-refractivity contribution in [3.8, 4) is 11.5 Å². The molecule has 0 saturated heterocycles. The van der Waals surface area contributed by atoms with Gasteiger partial charge in [0.2, 0.25) is 4.77 Å². The quantitative estimate of drug-likeness (QED) is 0.586. The van der Waals surface area contributed by atoms with Crippen LogP contribution in [0.4, 0.5) is 13.2 Å². The Labute approximate surface area is 151 Å². The fourth-order valence-electron chi connectivity index (χ4n) is 1.92. The van der Waals surface area contributed by atoms with E-state index >= 15 is 0 Å². The van der Waals surface area contributed by atoms with E-state index in [1.54, 1.807) is 19.9 Å². The molecule has 0 atom stereocenters. The number of hydrogen-bond donors (Lipinski definition) is 1. The molecule has 6 nitrogen and oxygen atoms in total. The maximum absolute atomic E-state index is 12.9. The molecule has 1 N–H and O–H groups in total. The summed E-state index contributed by atoms with van der Waals surface area (Å²) in [4.78, 5) is 0. The lowest BCUT2D eigenvalue weighted by molar-refractivity contribution is -0.147. The number of benzene rings is 1. The lowest BCUT2D eigenvalue weighted by Gasteiger charge is -2.13. The van der Waals surface area contributed by atoms with Gasteiger partial charge in [-0.05, 0) is 43.8 Å². The van der Waals surface area contributed by atoms with Crippen LogP contribution >= 0.6 is 23.8 Å². The first-order chi connectivity index (χ1) is 11.8. The van der Waals surface area contributed by atoms with E-state index in [0.717, 1.165) is 0 Å². The number of nitrogens with zero attached hydrogens (tertiary/aromatic N) is 3. The third-order valence-corrected chi connectivity index (χ3v) is 3.39. The second-order valence-corrected chi connectivity index (χ2v) is 5.40. The van der Waals surface area contributed by atoms with Gasteiger partial charge in [0, 0.05) is 0 Å². The lowest BCUT2D eigenvalue weighted by atomic mass is 10.2. The minimum absolute atomic E-state index is 0.251. The number of aromatic amines is 1. The van der Waals surface area contributed by atoms with Crippen LogP contribution in [0.5, 0.6) is 11.5 Å². The number of ether oxygens (including phenoxy) is 2. The summed E-state index contributed by atoms with van der Waals surface area (Å²) in [6.45, 7) is 4.32. The van der Waals surface area contributed by atoms with Crippen molar-refractivity contribution in [1.82, 2.24) is 14.9 Å². The predicted octanol–water partition coefficient (Wildman–Crippen LogP) is 4.29. The van der Waals surface area contributed by atoms with Crippen LogP contribution in [0.3, 0.4) is 0 Å². The molecule has 0 unspecified atom stereocenters. The SMILES string of the molecule is CCOc1cc(/C=N\n2c(C(F)(F)F)n[nH]c2=S)cc(Cl)c1OCC. The van der Waals surface area contributed by atoms with E-state index in [1.165, 1.54) is 12.3 Å². The second kappa shape index (κ2) is 7.87. The van der Waals surface area contributed by atoms with Gasteiger partial charge in [0.15, 0.2) is 11.5 Å². The van der Waals surface area contributed by atoms with E-state index in [0.29, 0.717) is 35.0 Å². The van der Waals surface area contributed by atoms with Crippen molar-refractivity contribution in [2.45, 2.75) is 20.0 Å². The molecule has 0 spiro atoms. The molecule has 0 saturated carbocycles. The highest BCUT2D eigenvalue weighted by Crippen LogP contribution is 2.36. The van der Waals surface area contributed by atoms with Gasteiger partial charge < -0.3 is 9.47 Å². The third kappa shape index (κ3) is 4.51. The average molecular weight is 395 g/mol. The zero-order valence-electron chi connectivity index (χ0n) is 13.2. The van der Waals surface area contributed by atoms with Gasteiger partial charge in [-0.2, -0.15) is 22.9 Å². The van der Waals surface area contributed by atoms with Crippen molar-refractivity contribution >= 4 is 30.0 Å². The van der Waals surface area contributed by atoms with Gasteiger partial charge in [-0.3, -0.25) is 0 Å². The molecule has 0 bridgehead atoms. The zero-order chi connectivity index (χ0) is 18.6. The monoisotopic (exact) mass is 394 g/mol. The minimum atomic E-state index is -4.70. The van der Waals surface area contributed by atoms with Gasteiger partial charge in [0.25, 0.3) is 5.82 Å². The highest BCUT2D eigenvalue weighted by atomic mass is 35.5. The van der Waals surface area contributed by atoms with Gasteiger partial charge in [-0.25, -0.2) is 5.10 Å². The van der Waals surface area contributed by atoms with Crippen LogP contribution in [0.2, 0.25) is 5.02 Å². The van der Waals surface area contributed by atoms with Crippen molar-refractivity contribution in [1.29, 1.82) is 0 Å². The number of nitrogens with one attached hydrogen (secondary N) is 1. The Morgan fingerprint density at radius 3 is 2.60 bits per heavy atom. The number of H-pyrrole nitrogens is 1. The number of aromatic nitrogens is 3. The fraction of sp³-hybridized carbons (Fsp3) is 0.357. The van der Waals surface area contributed by atoms with Crippen LogP contribution in [0.1, 0.15) is 25.2 Å². The van der Waals surface area contributed by atoms with Gasteiger partial charge in [-0.15, -0.1) is 5.10 Å². The fourth-order valence-corrected chi connectivity index (χ4v) is 2.37. The summed E-state index contributed by atoms with van der Waals surface area (Å²) < 4.78 is 49.7. The Morgan fingerprint density at radius 1 is 1.32 bits per heavy atom. The van der Waals surface area contributed by atoms with E-state index in [9.17, 15) is 13.2 Å². The maximum Gasteiger partial charge on any atom is 0.453 e. The first-order valence-electron chi connectivity index (χ1n) is 7.16. The summed E-state index contributed by atoms with van der Waals surface area (Å²) in [5.41, 5.74) is 0.410. The summed E-state index contributed by atoms with van der Waals surface area (Å²) in [5, 5.41) is 9.19. The number of rotatable bonds is 6. The molecule has 0 aliphatic rings. The lowest BCUT2D eigenvalue weighted by Crippen LogP contribution is -2.12. The smallest absolute Gasteiger partial charge is 0.453 e. The van der Waals surface area contributed by atoms with E-state index in [1.807, 2.05) is 0 Å². The Kier molecular flexibility index (Phi) is 6.07. The van der Waals surface area contributed by atoms with Crippen molar-refractivity contribution < 1.29 is 22.6 Å². The Bertz CT molecular complexity index is 832. The summed E-state index contributed by atoms with van der Waals surface area (Å²) in [6, 6.07) is 3.05. The van der Waals surface area contributed by atoms with E-state index in [-0.39, 0.29) is 9.79 Å². The Hall–Kier alpha value is -2.07. The van der Waals surface area contributed by atoms with Gasteiger partial charge in [-0.1, -0.05) is 11.6 Å². The molecular formula is C14H14ClF3N4O2S. The number of alkyl halides is 3. The summed E-state index contributed by atoms with van der Waals surface area (Å²) in [5.74, 6) is -0.528. The standard InChI is InChI=1S/C14H14ClF3N4O2S/c1-3-23-10-6-8(5-9(15)11(10)24-4-2)7-19-22-12(14(16,17)18)20-21-13(22)25/h5-7H,3-4H2,1-2H3,(H,21,25)/b19-7-. The van der Waals surface area contributed by atoms with Crippen molar-refractivity contribution in [2.24, 2.45) is 5.10 Å². The first-order valence-corrected chi connectivity index (χ1v) is 7.94. The first kappa shape index (κ1) is 19.3. The van der Waals surface area contributed by atoms with Crippen molar-refractivity contribution in [3.05, 3.63) is 33.3 Å². The summed E-state index contributed by atoms with van der Waals surface area (Å²) >= 11 is 10.9. The van der Waals surface area contributed by atoms with Crippen molar-refractivity contribution in [3.63, 3.8) is 0 Å². The van der Waals surface area contributed by atoms with Crippen LogP contribution in [-0.2, 0) is 6.18 Å². The van der Waals surface area contributed by atoms with Crippen molar-refractivity contribution in [2.75, 3.05) is 13.2 Å². The normalized spacial score (nSPS) is 11.9. The van der Waals surface area contributed by atoms with Crippen LogP contribution in [0.25, 0.3) is 0 Å². The summed E-state index contributed by atoms with van der Waals surface area (Å²) in [6.07, 6.45) is -3.53. The molecule has 1 heterocycles. The number of hydrogen-bond acceptors (Lipinski definition) is 5.